The number of carbonyl (C=O) groups excluding carboxylic acids is 1. The van der Waals surface area contributed by atoms with Gasteiger partial charge in [0.1, 0.15) is 5.82 Å². The highest BCUT2D eigenvalue weighted by Gasteiger charge is 2.34. The lowest BCUT2D eigenvalue weighted by atomic mass is 9.97. The van der Waals surface area contributed by atoms with E-state index in [9.17, 15) is 4.79 Å². The molecule has 2 aliphatic heterocycles. The van der Waals surface area contributed by atoms with E-state index in [1.54, 1.807) is 0 Å². The Kier molecular flexibility index (Phi) is 4.06. The van der Waals surface area contributed by atoms with Gasteiger partial charge in [0, 0.05) is 31.2 Å². The van der Waals surface area contributed by atoms with Gasteiger partial charge in [-0.3, -0.25) is 4.79 Å². The van der Waals surface area contributed by atoms with Gasteiger partial charge in [0.15, 0.2) is 5.82 Å². The lowest BCUT2D eigenvalue weighted by molar-refractivity contribution is -0.142. The Labute approximate surface area is 141 Å². The van der Waals surface area contributed by atoms with Crippen molar-refractivity contribution in [3.05, 3.63) is 36.2 Å². The first-order chi connectivity index (χ1) is 11.7. The Morgan fingerprint density at radius 3 is 2.67 bits per heavy atom. The molecule has 1 aromatic heterocycles. The molecule has 3 heterocycles. The van der Waals surface area contributed by atoms with Crippen LogP contribution in [0, 0.1) is 5.92 Å². The zero-order chi connectivity index (χ0) is 16.5. The van der Waals surface area contributed by atoms with Gasteiger partial charge >= 0.3 is 0 Å². The Hall–Kier alpha value is -2.21. The summed E-state index contributed by atoms with van der Waals surface area (Å²) < 4.78 is 7.32. The molecule has 0 radical (unpaired) electrons. The first-order valence-corrected chi connectivity index (χ1v) is 8.62. The number of aromatic nitrogens is 3. The van der Waals surface area contributed by atoms with Crippen molar-refractivity contribution in [2.45, 2.75) is 32.4 Å². The molecule has 2 aliphatic rings. The van der Waals surface area contributed by atoms with Crippen molar-refractivity contribution in [3.63, 3.8) is 0 Å². The fourth-order valence-corrected chi connectivity index (χ4v) is 3.55. The molecule has 1 fully saturated rings. The van der Waals surface area contributed by atoms with Gasteiger partial charge in [-0.1, -0.05) is 30.3 Å². The van der Waals surface area contributed by atoms with Crippen LogP contribution in [0.4, 0.5) is 0 Å². The number of hydrogen-bond acceptors (Lipinski definition) is 4. The molecule has 126 valence electrons. The number of nitrogens with zero attached hydrogens (tertiary/aromatic N) is 4. The summed E-state index contributed by atoms with van der Waals surface area (Å²) in [6, 6.07) is 9.93. The van der Waals surface area contributed by atoms with Gasteiger partial charge in [-0.05, 0) is 19.8 Å². The van der Waals surface area contributed by atoms with Crippen LogP contribution in [0.5, 0.6) is 0 Å². The number of hydrogen-bond donors (Lipinski definition) is 0. The number of ether oxygens (including phenoxy) is 1. The second kappa shape index (κ2) is 6.36. The van der Waals surface area contributed by atoms with Gasteiger partial charge in [-0.15, -0.1) is 0 Å². The van der Waals surface area contributed by atoms with E-state index in [2.05, 4.69) is 5.10 Å². The van der Waals surface area contributed by atoms with Gasteiger partial charge in [-0.2, -0.15) is 5.10 Å². The first kappa shape index (κ1) is 15.3. The highest BCUT2D eigenvalue weighted by molar-refractivity contribution is 5.79. The average Bonchev–Trinajstić information content (AvgIpc) is 3.08. The topological polar surface area (TPSA) is 60.2 Å². The third-order valence-corrected chi connectivity index (χ3v) is 4.98. The zero-order valence-corrected chi connectivity index (χ0v) is 13.9. The van der Waals surface area contributed by atoms with Crippen molar-refractivity contribution in [1.82, 2.24) is 19.7 Å². The van der Waals surface area contributed by atoms with E-state index in [0.717, 1.165) is 30.1 Å². The molecule has 2 aromatic rings. The monoisotopic (exact) mass is 326 g/mol. The predicted molar refractivity (Wildman–Crippen MR) is 89.1 cm³/mol. The molecular formula is C18H22N4O2. The van der Waals surface area contributed by atoms with Crippen LogP contribution in [0.2, 0.25) is 0 Å². The first-order valence-electron chi connectivity index (χ1n) is 8.62. The molecule has 0 spiro atoms. The van der Waals surface area contributed by atoms with Crippen LogP contribution in [0.25, 0.3) is 11.4 Å². The molecule has 1 aromatic carbocycles. The van der Waals surface area contributed by atoms with Crippen LogP contribution in [-0.4, -0.2) is 45.3 Å². The smallest absolute Gasteiger partial charge is 0.226 e. The molecular weight excluding hydrogens is 304 g/mol. The maximum absolute atomic E-state index is 12.9. The second-order valence-electron chi connectivity index (χ2n) is 6.48. The summed E-state index contributed by atoms with van der Waals surface area (Å²) in [4.78, 5) is 19.5. The van der Waals surface area contributed by atoms with Crippen molar-refractivity contribution in [1.29, 1.82) is 0 Å². The zero-order valence-electron chi connectivity index (χ0n) is 13.9. The minimum Gasteiger partial charge on any atom is -0.381 e. The second-order valence-corrected chi connectivity index (χ2v) is 6.48. The summed E-state index contributed by atoms with van der Waals surface area (Å²) in [6.07, 6.45) is 1.65. The normalized spacial score (nSPS) is 21.5. The maximum atomic E-state index is 12.9. The SMILES string of the molecule is C[C@H]1c2nc(-c3ccccc3)nn2CCN1C(=O)C1CCOCC1. The van der Waals surface area contributed by atoms with E-state index < -0.39 is 0 Å². The predicted octanol–water partition coefficient (Wildman–Crippen LogP) is 2.27. The number of rotatable bonds is 2. The third kappa shape index (κ3) is 2.71. The van der Waals surface area contributed by atoms with E-state index in [1.807, 2.05) is 46.8 Å². The molecule has 6 nitrogen and oxygen atoms in total. The van der Waals surface area contributed by atoms with Crippen LogP contribution >= 0.6 is 0 Å². The average molecular weight is 326 g/mol. The molecule has 0 unspecified atom stereocenters. The molecule has 1 atom stereocenters. The van der Waals surface area contributed by atoms with Crippen molar-refractivity contribution in [2.75, 3.05) is 19.8 Å². The fraction of sp³-hybridized carbons (Fsp3) is 0.500. The van der Waals surface area contributed by atoms with Crippen LogP contribution < -0.4 is 0 Å². The number of amides is 1. The number of benzene rings is 1. The summed E-state index contributed by atoms with van der Waals surface area (Å²) in [7, 11) is 0. The van der Waals surface area contributed by atoms with Crippen molar-refractivity contribution in [2.24, 2.45) is 5.92 Å². The van der Waals surface area contributed by atoms with E-state index in [0.29, 0.717) is 26.3 Å². The number of carbonyl (C=O) groups is 1. The lowest BCUT2D eigenvalue weighted by Gasteiger charge is -2.36. The van der Waals surface area contributed by atoms with E-state index in [1.165, 1.54) is 0 Å². The Morgan fingerprint density at radius 2 is 1.92 bits per heavy atom. The molecule has 0 N–H and O–H groups in total. The molecule has 6 heteroatoms. The fourth-order valence-electron chi connectivity index (χ4n) is 3.55. The Morgan fingerprint density at radius 1 is 1.17 bits per heavy atom. The largest absolute Gasteiger partial charge is 0.381 e. The highest BCUT2D eigenvalue weighted by Crippen LogP contribution is 2.29. The molecule has 1 saturated heterocycles. The Bertz CT molecular complexity index is 722. The summed E-state index contributed by atoms with van der Waals surface area (Å²) in [5, 5.41) is 4.63. The van der Waals surface area contributed by atoms with Gasteiger partial charge < -0.3 is 9.64 Å². The standard InChI is InChI=1S/C18H22N4O2/c1-13-17-19-16(14-5-3-2-4-6-14)20-22(17)10-9-21(13)18(23)15-7-11-24-12-8-15/h2-6,13,15H,7-12H2,1H3/t13-/m0/s1. The molecule has 1 amide bonds. The quantitative estimate of drug-likeness (QED) is 0.849. The maximum Gasteiger partial charge on any atom is 0.226 e. The molecule has 24 heavy (non-hydrogen) atoms. The third-order valence-electron chi connectivity index (χ3n) is 4.98. The van der Waals surface area contributed by atoms with Gasteiger partial charge in [0.05, 0.1) is 12.6 Å². The summed E-state index contributed by atoms with van der Waals surface area (Å²) >= 11 is 0. The van der Waals surface area contributed by atoms with Crippen LogP contribution in [-0.2, 0) is 16.1 Å². The minimum atomic E-state index is -0.0425. The highest BCUT2D eigenvalue weighted by atomic mass is 16.5. The van der Waals surface area contributed by atoms with Gasteiger partial charge in [0.2, 0.25) is 5.91 Å². The van der Waals surface area contributed by atoms with Gasteiger partial charge in [0.25, 0.3) is 0 Å². The summed E-state index contributed by atoms with van der Waals surface area (Å²) in [5.41, 5.74) is 1.01. The summed E-state index contributed by atoms with van der Waals surface area (Å²) in [5.74, 6) is 1.93. The molecule has 4 rings (SSSR count). The van der Waals surface area contributed by atoms with Crippen molar-refractivity contribution in [3.8, 4) is 11.4 Å². The van der Waals surface area contributed by atoms with Crippen molar-refractivity contribution >= 4 is 5.91 Å². The molecule has 0 bridgehead atoms. The van der Waals surface area contributed by atoms with Crippen LogP contribution in [0.15, 0.2) is 30.3 Å². The lowest BCUT2D eigenvalue weighted by Crippen LogP contribution is -2.45. The van der Waals surface area contributed by atoms with Crippen molar-refractivity contribution < 1.29 is 9.53 Å². The number of fused-ring (bicyclic) bond motifs is 1. The minimum absolute atomic E-state index is 0.0425. The molecule has 0 saturated carbocycles. The summed E-state index contributed by atoms with van der Waals surface area (Å²) in [6.45, 7) is 4.82. The van der Waals surface area contributed by atoms with E-state index in [-0.39, 0.29) is 17.9 Å². The van der Waals surface area contributed by atoms with E-state index in [4.69, 9.17) is 9.72 Å². The van der Waals surface area contributed by atoms with Crippen LogP contribution in [0.1, 0.15) is 31.6 Å². The van der Waals surface area contributed by atoms with E-state index >= 15 is 0 Å². The Balaban J connectivity index is 1.57. The van der Waals surface area contributed by atoms with Crippen LogP contribution in [0.3, 0.4) is 0 Å². The molecule has 0 aliphatic carbocycles. The van der Waals surface area contributed by atoms with Gasteiger partial charge in [-0.25, -0.2) is 9.67 Å².